The topological polar surface area (TPSA) is 34.1 Å². The zero-order chi connectivity index (χ0) is 10.1. The molecule has 0 unspecified atom stereocenters. The smallest absolute Gasteiger partial charge is 0.291 e. The van der Waals surface area contributed by atoms with Gasteiger partial charge in [-0.1, -0.05) is 0 Å². The SMILES string of the molecule is O=C1CCC(C(F)(F)F)CCC1=O. The third kappa shape index (κ3) is 2.54. The molecule has 0 N–H and O–H groups in total. The summed E-state index contributed by atoms with van der Waals surface area (Å²) in [4.78, 5) is 21.5. The highest BCUT2D eigenvalue weighted by molar-refractivity contribution is 6.37. The van der Waals surface area contributed by atoms with Crippen LogP contribution in [0.1, 0.15) is 25.7 Å². The molecule has 1 fully saturated rings. The molecule has 2 nitrogen and oxygen atoms in total. The minimum atomic E-state index is -4.27. The number of halogens is 3. The molecule has 1 aliphatic carbocycles. The van der Waals surface area contributed by atoms with Crippen LogP contribution >= 0.6 is 0 Å². The highest BCUT2D eigenvalue weighted by Gasteiger charge is 2.41. The summed E-state index contributed by atoms with van der Waals surface area (Å²) in [5.74, 6) is -2.80. The average molecular weight is 194 g/mol. The predicted octanol–water partition coefficient (Wildman–Crippen LogP) is 1.88. The maximum atomic E-state index is 12.2. The van der Waals surface area contributed by atoms with Crippen LogP contribution in [0, 0.1) is 5.92 Å². The van der Waals surface area contributed by atoms with Gasteiger partial charge in [-0.15, -0.1) is 0 Å². The highest BCUT2D eigenvalue weighted by atomic mass is 19.4. The molecule has 0 spiro atoms. The van der Waals surface area contributed by atoms with E-state index in [1.165, 1.54) is 0 Å². The van der Waals surface area contributed by atoms with Gasteiger partial charge < -0.3 is 0 Å². The maximum Gasteiger partial charge on any atom is 0.391 e. The highest BCUT2D eigenvalue weighted by Crippen LogP contribution is 2.34. The minimum absolute atomic E-state index is 0.242. The molecule has 1 aliphatic rings. The lowest BCUT2D eigenvalue weighted by Crippen LogP contribution is -2.22. The third-order valence-corrected chi connectivity index (χ3v) is 2.21. The molecule has 74 valence electrons. The van der Waals surface area contributed by atoms with E-state index in [0.29, 0.717) is 0 Å². The Morgan fingerprint density at radius 1 is 1.00 bits per heavy atom. The van der Waals surface area contributed by atoms with Crippen molar-refractivity contribution in [3.05, 3.63) is 0 Å². The summed E-state index contributed by atoms with van der Waals surface area (Å²) in [6.45, 7) is 0. The van der Waals surface area contributed by atoms with E-state index in [2.05, 4.69) is 0 Å². The average Bonchev–Trinajstić information content (AvgIpc) is 2.14. The molecule has 1 saturated carbocycles. The second-order valence-electron chi connectivity index (χ2n) is 3.16. The van der Waals surface area contributed by atoms with Crippen molar-refractivity contribution in [3.63, 3.8) is 0 Å². The van der Waals surface area contributed by atoms with E-state index in [9.17, 15) is 22.8 Å². The Kier molecular flexibility index (Phi) is 2.73. The van der Waals surface area contributed by atoms with Crippen LogP contribution in [-0.2, 0) is 9.59 Å². The number of alkyl halides is 3. The van der Waals surface area contributed by atoms with Crippen LogP contribution in [0.2, 0.25) is 0 Å². The summed E-state index contributed by atoms with van der Waals surface area (Å²) >= 11 is 0. The van der Waals surface area contributed by atoms with E-state index in [4.69, 9.17) is 0 Å². The van der Waals surface area contributed by atoms with Crippen molar-refractivity contribution in [1.82, 2.24) is 0 Å². The van der Waals surface area contributed by atoms with Gasteiger partial charge in [0, 0.05) is 12.8 Å². The Hall–Kier alpha value is -0.870. The minimum Gasteiger partial charge on any atom is -0.291 e. The Balaban J connectivity index is 2.64. The van der Waals surface area contributed by atoms with Crippen molar-refractivity contribution in [1.29, 1.82) is 0 Å². The van der Waals surface area contributed by atoms with Crippen molar-refractivity contribution >= 4 is 11.6 Å². The fourth-order valence-electron chi connectivity index (χ4n) is 1.36. The van der Waals surface area contributed by atoms with E-state index in [-0.39, 0.29) is 25.7 Å². The first-order valence-corrected chi connectivity index (χ1v) is 4.04. The number of hydrogen-bond donors (Lipinski definition) is 0. The molecule has 1 rings (SSSR count). The molecule has 0 atom stereocenters. The number of rotatable bonds is 0. The van der Waals surface area contributed by atoms with Crippen LogP contribution in [0.5, 0.6) is 0 Å². The molecule has 0 aliphatic heterocycles. The summed E-state index contributed by atoms with van der Waals surface area (Å²) in [6, 6.07) is 0. The summed E-state index contributed by atoms with van der Waals surface area (Å²) in [5, 5.41) is 0. The Labute approximate surface area is 73.1 Å². The van der Waals surface area contributed by atoms with Gasteiger partial charge in [-0.2, -0.15) is 13.2 Å². The lowest BCUT2D eigenvalue weighted by Gasteiger charge is -2.16. The zero-order valence-corrected chi connectivity index (χ0v) is 6.86. The van der Waals surface area contributed by atoms with Crippen LogP contribution in [0.4, 0.5) is 13.2 Å². The second kappa shape index (κ2) is 3.47. The molecule has 5 heteroatoms. The molecular formula is C8H9F3O2. The first kappa shape index (κ1) is 10.2. The third-order valence-electron chi connectivity index (χ3n) is 2.21. The first-order chi connectivity index (χ1) is 5.91. The summed E-state index contributed by atoms with van der Waals surface area (Å²) in [5.41, 5.74) is 0. The standard InChI is InChI=1S/C8H9F3O2/c9-8(10,11)5-1-3-6(12)7(13)4-2-5/h5H,1-4H2. The fraction of sp³-hybridized carbons (Fsp3) is 0.750. The van der Waals surface area contributed by atoms with Crippen LogP contribution in [0.25, 0.3) is 0 Å². The van der Waals surface area contributed by atoms with E-state index >= 15 is 0 Å². The van der Waals surface area contributed by atoms with Crippen molar-refractivity contribution in [2.24, 2.45) is 5.92 Å². The van der Waals surface area contributed by atoms with Gasteiger partial charge in [0.25, 0.3) is 0 Å². The number of carbonyl (C=O) groups is 2. The van der Waals surface area contributed by atoms with Gasteiger partial charge in [-0.25, -0.2) is 0 Å². The van der Waals surface area contributed by atoms with Crippen molar-refractivity contribution < 1.29 is 22.8 Å². The Morgan fingerprint density at radius 2 is 1.38 bits per heavy atom. The predicted molar refractivity (Wildman–Crippen MR) is 38.0 cm³/mol. The summed E-state index contributed by atoms with van der Waals surface area (Å²) < 4.78 is 36.5. The van der Waals surface area contributed by atoms with E-state index < -0.39 is 23.7 Å². The van der Waals surface area contributed by atoms with E-state index in [1.807, 2.05) is 0 Å². The van der Waals surface area contributed by atoms with Crippen LogP contribution in [0.15, 0.2) is 0 Å². The van der Waals surface area contributed by atoms with Gasteiger partial charge in [-0.05, 0) is 12.8 Å². The fourth-order valence-corrected chi connectivity index (χ4v) is 1.36. The summed E-state index contributed by atoms with van der Waals surface area (Å²) in [7, 11) is 0. The van der Waals surface area contributed by atoms with Crippen molar-refractivity contribution in [3.8, 4) is 0 Å². The molecule has 0 aromatic carbocycles. The van der Waals surface area contributed by atoms with Crippen LogP contribution in [-0.4, -0.2) is 17.7 Å². The van der Waals surface area contributed by atoms with Crippen LogP contribution in [0.3, 0.4) is 0 Å². The van der Waals surface area contributed by atoms with Gasteiger partial charge in [0.15, 0.2) is 11.6 Å². The maximum absolute atomic E-state index is 12.2. The Morgan fingerprint density at radius 3 is 1.69 bits per heavy atom. The van der Waals surface area contributed by atoms with E-state index in [0.717, 1.165) is 0 Å². The molecule has 0 aromatic rings. The molecule has 0 heterocycles. The number of ketones is 2. The largest absolute Gasteiger partial charge is 0.391 e. The van der Waals surface area contributed by atoms with Crippen molar-refractivity contribution in [2.45, 2.75) is 31.9 Å². The van der Waals surface area contributed by atoms with Gasteiger partial charge in [0.2, 0.25) is 0 Å². The van der Waals surface area contributed by atoms with Gasteiger partial charge in [-0.3, -0.25) is 9.59 Å². The number of carbonyl (C=O) groups excluding carboxylic acids is 2. The lowest BCUT2D eigenvalue weighted by atomic mass is 10.0. The van der Waals surface area contributed by atoms with Gasteiger partial charge in [0.05, 0.1) is 5.92 Å². The summed E-state index contributed by atoms with van der Waals surface area (Å²) in [6.07, 6.45) is -5.28. The first-order valence-electron chi connectivity index (χ1n) is 4.04. The molecule has 0 amide bonds. The van der Waals surface area contributed by atoms with Crippen LogP contribution < -0.4 is 0 Å². The number of hydrogen-bond acceptors (Lipinski definition) is 2. The molecular weight excluding hydrogens is 185 g/mol. The zero-order valence-electron chi connectivity index (χ0n) is 6.86. The van der Waals surface area contributed by atoms with E-state index in [1.54, 1.807) is 0 Å². The number of Topliss-reactive ketones (excluding diaryl/α,β-unsaturated/α-hetero) is 2. The normalized spacial score (nSPS) is 21.8. The second-order valence-corrected chi connectivity index (χ2v) is 3.16. The lowest BCUT2D eigenvalue weighted by molar-refractivity contribution is -0.177. The monoisotopic (exact) mass is 194 g/mol. The molecule has 13 heavy (non-hydrogen) atoms. The van der Waals surface area contributed by atoms with Gasteiger partial charge in [0.1, 0.15) is 0 Å². The molecule has 0 bridgehead atoms. The quantitative estimate of drug-likeness (QED) is 0.435. The van der Waals surface area contributed by atoms with Gasteiger partial charge >= 0.3 is 6.18 Å². The molecule has 0 saturated heterocycles. The van der Waals surface area contributed by atoms with Crippen molar-refractivity contribution in [2.75, 3.05) is 0 Å². The molecule has 0 radical (unpaired) electrons. The Bertz CT molecular complexity index is 214. The molecule has 0 aromatic heterocycles.